The van der Waals surface area contributed by atoms with Crippen LogP contribution in [0.3, 0.4) is 0 Å². The molecule has 0 heterocycles. The standard InChI is InChI=1S/C12H21NO2/c1-12(2,3)11-6-4-10(5-7-11)8-9-13(14)15/h8-11H,4-7H2,1-3H3/b9-8+. The van der Waals surface area contributed by atoms with E-state index < -0.39 is 0 Å². The second-order valence-electron chi connectivity index (χ2n) is 5.60. The Labute approximate surface area is 91.7 Å². The molecule has 3 nitrogen and oxygen atoms in total. The molecule has 0 N–H and O–H groups in total. The quantitative estimate of drug-likeness (QED) is 0.517. The number of hydrogen-bond donors (Lipinski definition) is 0. The predicted octanol–water partition coefficient (Wildman–Crippen LogP) is 3.63. The summed E-state index contributed by atoms with van der Waals surface area (Å²) in [6.45, 7) is 6.85. The van der Waals surface area contributed by atoms with Crippen molar-refractivity contribution >= 4 is 0 Å². The minimum Gasteiger partial charge on any atom is -0.259 e. The lowest BCUT2D eigenvalue weighted by atomic mass is 9.70. The average molecular weight is 211 g/mol. The molecule has 0 amide bonds. The first-order valence-electron chi connectivity index (χ1n) is 5.71. The zero-order valence-electron chi connectivity index (χ0n) is 9.90. The van der Waals surface area contributed by atoms with Crippen LogP contribution in [0.15, 0.2) is 12.3 Å². The van der Waals surface area contributed by atoms with Gasteiger partial charge in [0.1, 0.15) is 0 Å². The largest absolute Gasteiger partial charge is 0.259 e. The Morgan fingerprint density at radius 1 is 1.20 bits per heavy atom. The van der Waals surface area contributed by atoms with Gasteiger partial charge in [0.15, 0.2) is 0 Å². The monoisotopic (exact) mass is 211 g/mol. The number of nitrogens with zero attached hydrogens (tertiary/aromatic N) is 1. The Morgan fingerprint density at radius 2 is 1.73 bits per heavy atom. The zero-order valence-corrected chi connectivity index (χ0v) is 9.90. The van der Waals surface area contributed by atoms with E-state index in [-0.39, 0.29) is 4.92 Å². The molecule has 0 saturated heterocycles. The van der Waals surface area contributed by atoms with Gasteiger partial charge in [-0.3, -0.25) is 10.1 Å². The highest BCUT2D eigenvalue weighted by molar-refractivity contribution is 4.89. The van der Waals surface area contributed by atoms with Gasteiger partial charge in [-0.05, 0) is 49.0 Å². The molecule has 15 heavy (non-hydrogen) atoms. The van der Waals surface area contributed by atoms with Gasteiger partial charge in [0, 0.05) is 0 Å². The van der Waals surface area contributed by atoms with Crippen molar-refractivity contribution in [3.8, 4) is 0 Å². The third-order valence-corrected chi connectivity index (χ3v) is 3.48. The molecule has 1 saturated carbocycles. The van der Waals surface area contributed by atoms with Crippen molar-refractivity contribution in [1.29, 1.82) is 0 Å². The zero-order chi connectivity index (χ0) is 11.5. The SMILES string of the molecule is CC(C)(C)C1CCC(/C=C/[N+](=O)[O-])CC1. The lowest BCUT2D eigenvalue weighted by molar-refractivity contribution is -0.402. The number of rotatable bonds is 2. The van der Waals surface area contributed by atoms with Gasteiger partial charge in [-0.15, -0.1) is 0 Å². The van der Waals surface area contributed by atoms with Crippen LogP contribution in [0.1, 0.15) is 46.5 Å². The van der Waals surface area contributed by atoms with Crippen LogP contribution in [-0.2, 0) is 0 Å². The summed E-state index contributed by atoms with van der Waals surface area (Å²) in [5, 5.41) is 10.2. The van der Waals surface area contributed by atoms with Crippen LogP contribution >= 0.6 is 0 Å². The number of nitro groups is 1. The van der Waals surface area contributed by atoms with E-state index in [4.69, 9.17) is 0 Å². The molecule has 1 aliphatic carbocycles. The summed E-state index contributed by atoms with van der Waals surface area (Å²) in [6, 6.07) is 0. The lowest BCUT2D eigenvalue weighted by Crippen LogP contribution is -2.25. The van der Waals surface area contributed by atoms with Crippen LogP contribution in [-0.4, -0.2) is 4.92 Å². The second kappa shape index (κ2) is 4.77. The fourth-order valence-electron chi connectivity index (χ4n) is 2.37. The highest BCUT2D eigenvalue weighted by Crippen LogP contribution is 2.39. The van der Waals surface area contributed by atoms with Crippen molar-refractivity contribution in [1.82, 2.24) is 0 Å². The molecule has 0 aliphatic heterocycles. The van der Waals surface area contributed by atoms with Gasteiger partial charge in [-0.25, -0.2) is 0 Å². The Bertz CT molecular complexity index is 245. The summed E-state index contributed by atoms with van der Waals surface area (Å²) in [5.74, 6) is 1.20. The van der Waals surface area contributed by atoms with E-state index in [1.165, 1.54) is 12.8 Å². The Morgan fingerprint density at radius 3 is 2.13 bits per heavy atom. The first-order chi connectivity index (χ1) is 6.89. The molecule has 3 heteroatoms. The summed E-state index contributed by atoms with van der Waals surface area (Å²) in [5.41, 5.74) is 0.387. The van der Waals surface area contributed by atoms with Gasteiger partial charge >= 0.3 is 0 Å². The van der Waals surface area contributed by atoms with Crippen LogP contribution in [0.2, 0.25) is 0 Å². The maximum atomic E-state index is 10.2. The summed E-state index contributed by atoms with van der Waals surface area (Å²) in [4.78, 5) is 9.82. The molecule has 1 rings (SSSR count). The maximum absolute atomic E-state index is 10.2. The molecule has 1 aliphatic rings. The fourth-order valence-corrected chi connectivity index (χ4v) is 2.37. The van der Waals surface area contributed by atoms with Crippen LogP contribution in [0.25, 0.3) is 0 Å². The minimum absolute atomic E-state index is 0.365. The van der Waals surface area contributed by atoms with E-state index >= 15 is 0 Å². The topological polar surface area (TPSA) is 43.1 Å². The average Bonchev–Trinajstić information content (AvgIpc) is 2.14. The number of allylic oxidation sites excluding steroid dienone is 1. The predicted molar refractivity (Wildman–Crippen MR) is 61.0 cm³/mol. The molecule has 0 spiro atoms. The third-order valence-electron chi connectivity index (χ3n) is 3.48. The molecule has 0 radical (unpaired) electrons. The first-order valence-corrected chi connectivity index (χ1v) is 5.71. The molecule has 0 atom stereocenters. The van der Waals surface area contributed by atoms with Crippen molar-refractivity contribution in [2.45, 2.75) is 46.5 Å². The molecule has 86 valence electrons. The van der Waals surface area contributed by atoms with Crippen molar-refractivity contribution in [3.63, 3.8) is 0 Å². The van der Waals surface area contributed by atoms with E-state index in [0.29, 0.717) is 11.3 Å². The second-order valence-corrected chi connectivity index (χ2v) is 5.60. The molecule has 0 aromatic rings. The van der Waals surface area contributed by atoms with Gasteiger partial charge in [0.2, 0.25) is 6.20 Å². The first kappa shape index (κ1) is 12.2. The lowest BCUT2D eigenvalue weighted by Gasteiger charge is -2.36. The van der Waals surface area contributed by atoms with Crippen molar-refractivity contribution in [3.05, 3.63) is 22.4 Å². The van der Waals surface area contributed by atoms with Gasteiger partial charge in [-0.2, -0.15) is 0 Å². The van der Waals surface area contributed by atoms with Gasteiger partial charge < -0.3 is 0 Å². The third kappa shape index (κ3) is 4.02. The van der Waals surface area contributed by atoms with E-state index in [0.717, 1.165) is 25.0 Å². The van der Waals surface area contributed by atoms with Crippen molar-refractivity contribution in [2.75, 3.05) is 0 Å². The van der Waals surface area contributed by atoms with Crippen LogP contribution in [0, 0.1) is 27.4 Å². The maximum Gasteiger partial charge on any atom is 0.230 e. The van der Waals surface area contributed by atoms with Crippen LogP contribution in [0.5, 0.6) is 0 Å². The van der Waals surface area contributed by atoms with Crippen LogP contribution < -0.4 is 0 Å². The highest BCUT2D eigenvalue weighted by atomic mass is 16.6. The van der Waals surface area contributed by atoms with E-state index in [1.807, 2.05) is 0 Å². The van der Waals surface area contributed by atoms with E-state index in [9.17, 15) is 10.1 Å². The molecule has 0 unspecified atom stereocenters. The van der Waals surface area contributed by atoms with Gasteiger partial charge in [0.05, 0.1) is 4.92 Å². The molecule has 0 aromatic carbocycles. The molecule has 0 bridgehead atoms. The number of hydrogen-bond acceptors (Lipinski definition) is 2. The van der Waals surface area contributed by atoms with Crippen molar-refractivity contribution < 1.29 is 4.92 Å². The minimum atomic E-state index is -0.365. The Hall–Kier alpha value is -0.860. The molecule has 0 aromatic heterocycles. The van der Waals surface area contributed by atoms with Gasteiger partial charge in [0.25, 0.3) is 0 Å². The highest BCUT2D eigenvalue weighted by Gasteiger charge is 2.28. The van der Waals surface area contributed by atoms with E-state index in [2.05, 4.69) is 20.8 Å². The Kier molecular flexibility index (Phi) is 3.89. The Balaban J connectivity index is 2.39. The summed E-state index contributed by atoms with van der Waals surface area (Å²) in [7, 11) is 0. The van der Waals surface area contributed by atoms with Gasteiger partial charge in [-0.1, -0.05) is 20.8 Å². The molecular weight excluding hydrogens is 190 g/mol. The summed E-state index contributed by atoms with van der Waals surface area (Å²) < 4.78 is 0. The molecule has 1 fully saturated rings. The van der Waals surface area contributed by atoms with E-state index in [1.54, 1.807) is 6.08 Å². The summed E-state index contributed by atoms with van der Waals surface area (Å²) >= 11 is 0. The fraction of sp³-hybridized carbons (Fsp3) is 0.833. The smallest absolute Gasteiger partial charge is 0.230 e. The van der Waals surface area contributed by atoms with Crippen molar-refractivity contribution in [2.24, 2.45) is 17.3 Å². The normalized spacial score (nSPS) is 28.2. The summed E-state index contributed by atoms with van der Waals surface area (Å²) in [6.07, 6.45) is 7.48. The van der Waals surface area contributed by atoms with Crippen LogP contribution in [0.4, 0.5) is 0 Å². The molecular formula is C12H21NO2.